The first-order valence-electron chi connectivity index (χ1n) is 7.70. The van der Waals surface area contributed by atoms with Gasteiger partial charge < -0.3 is 5.32 Å². The van der Waals surface area contributed by atoms with Crippen LogP contribution in [-0.2, 0) is 14.8 Å². The minimum absolute atomic E-state index is 0.155. The summed E-state index contributed by atoms with van der Waals surface area (Å²) in [5.74, 6) is 0.191. The smallest absolute Gasteiger partial charge is 0.261 e. The van der Waals surface area contributed by atoms with Crippen molar-refractivity contribution in [2.75, 3.05) is 10.0 Å². The third-order valence-electron chi connectivity index (χ3n) is 3.65. The van der Waals surface area contributed by atoms with Crippen molar-refractivity contribution in [2.24, 2.45) is 0 Å². The molecular formula is C18H22N2O3S. The van der Waals surface area contributed by atoms with Crippen LogP contribution < -0.4 is 10.0 Å². The van der Waals surface area contributed by atoms with Crippen LogP contribution in [0.1, 0.15) is 37.8 Å². The Balaban J connectivity index is 2.23. The fraction of sp³-hybridized carbons (Fsp3) is 0.278. The molecule has 0 unspecified atom stereocenters. The molecule has 2 aromatic carbocycles. The molecule has 24 heavy (non-hydrogen) atoms. The molecule has 128 valence electrons. The van der Waals surface area contributed by atoms with Gasteiger partial charge in [0.15, 0.2) is 0 Å². The van der Waals surface area contributed by atoms with Crippen molar-refractivity contribution < 1.29 is 13.2 Å². The lowest BCUT2D eigenvalue weighted by Crippen LogP contribution is -2.14. The van der Waals surface area contributed by atoms with Gasteiger partial charge in [0.05, 0.1) is 4.90 Å². The molecule has 5 nitrogen and oxygen atoms in total. The highest BCUT2D eigenvalue weighted by Gasteiger charge is 2.16. The summed E-state index contributed by atoms with van der Waals surface area (Å²) >= 11 is 0. The lowest BCUT2D eigenvalue weighted by Gasteiger charge is -2.12. The summed E-state index contributed by atoms with van der Waals surface area (Å²) in [4.78, 5) is 11.3. The molecule has 0 fully saturated rings. The number of hydrogen-bond donors (Lipinski definition) is 2. The highest BCUT2D eigenvalue weighted by Crippen LogP contribution is 2.23. The monoisotopic (exact) mass is 346 g/mol. The summed E-state index contributed by atoms with van der Waals surface area (Å²) in [5, 5.41) is 2.66. The van der Waals surface area contributed by atoms with Crippen molar-refractivity contribution in [3.05, 3.63) is 53.6 Å². The number of benzene rings is 2. The Labute approximate surface area is 143 Å². The molecule has 0 spiro atoms. The van der Waals surface area contributed by atoms with Gasteiger partial charge >= 0.3 is 0 Å². The average Bonchev–Trinajstić information content (AvgIpc) is 2.49. The van der Waals surface area contributed by atoms with Gasteiger partial charge in [-0.15, -0.1) is 0 Å². The van der Waals surface area contributed by atoms with Gasteiger partial charge in [-0.1, -0.05) is 26.0 Å². The van der Waals surface area contributed by atoms with E-state index in [0.717, 1.165) is 5.56 Å². The van der Waals surface area contributed by atoms with Crippen LogP contribution in [0, 0.1) is 6.92 Å². The van der Waals surface area contributed by atoms with E-state index >= 15 is 0 Å². The predicted molar refractivity (Wildman–Crippen MR) is 96.8 cm³/mol. The van der Waals surface area contributed by atoms with Crippen molar-refractivity contribution in [1.82, 2.24) is 0 Å². The first-order valence-corrected chi connectivity index (χ1v) is 9.18. The second-order valence-corrected chi connectivity index (χ2v) is 7.72. The van der Waals surface area contributed by atoms with Crippen LogP contribution in [0.2, 0.25) is 0 Å². The van der Waals surface area contributed by atoms with E-state index in [0.29, 0.717) is 22.9 Å². The quantitative estimate of drug-likeness (QED) is 0.863. The van der Waals surface area contributed by atoms with E-state index in [1.165, 1.54) is 19.1 Å². The maximum absolute atomic E-state index is 12.5. The summed E-state index contributed by atoms with van der Waals surface area (Å²) in [6, 6.07) is 11.9. The SMILES string of the molecule is CC(=O)Nc1ccc(S(=O)(=O)Nc2ccc(C(C)C)cc2)cc1C. The van der Waals surface area contributed by atoms with Gasteiger partial charge in [-0.3, -0.25) is 9.52 Å². The predicted octanol–water partition coefficient (Wildman–Crippen LogP) is 3.88. The number of rotatable bonds is 5. The minimum atomic E-state index is -3.68. The molecular weight excluding hydrogens is 324 g/mol. The van der Waals surface area contributed by atoms with Gasteiger partial charge in [-0.2, -0.15) is 0 Å². The van der Waals surface area contributed by atoms with Gasteiger partial charge in [0, 0.05) is 18.3 Å². The number of aryl methyl sites for hydroxylation is 1. The average molecular weight is 346 g/mol. The van der Waals surface area contributed by atoms with Crippen LogP contribution in [0.15, 0.2) is 47.4 Å². The van der Waals surface area contributed by atoms with Crippen LogP contribution in [0.3, 0.4) is 0 Å². The third kappa shape index (κ3) is 4.35. The van der Waals surface area contributed by atoms with Crippen molar-refractivity contribution in [1.29, 1.82) is 0 Å². The number of amides is 1. The topological polar surface area (TPSA) is 75.3 Å². The van der Waals surface area contributed by atoms with Gasteiger partial charge in [0.25, 0.3) is 10.0 Å². The molecule has 0 bridgehead atoms. The molecule has 1 amide bonds. The first-order chi connectivity index (χ1) is 11.2. The fourth-order valence-electron chi connectivity index (χ4n) is 2.28. The Bertz CT molecular complexity index is 841. The molecule has 0 aliphatic rings. The highest BCUT2D eigenvalue weighted by molar-refractivity contribution is 7.92. The van der Waals surface area contributed by atoms with E-state index in [1.54, 1.807) is 25.1 Å². The van der Waals surface area contributed by atoms with E-state index in [9.17, 15) is 13.2 Å². The Morgan fingerprint density at radius 2 is 1.67 bits per heavy atom. The van der Waals surface area contributed by atoms with Crippen molar-refractivity contribution in [2.45, 2.75) is 38.5 Å². The summed E-state index contributed by atoms with van der Waals surface area (Å²) in [6.07, 6.45) is 0. The molecule has 0 radical (unpaired) electrons. The number of hydrogen-bond acceptors (Lipinski definition) is 3. The molecule has 0 saturated heterocycles. The van der Waals surface area contributed by atoms with Crippen LogP contribution >= 0.6 is 0 Å². The largest absolute Gasteiger partial charge is 0.326 e. The Kier molecular flexibility index (Phi) is 5.29. The Morgan fingerprint density at radius 3 is 2.17 bits per heavy atom. The van der Waals surface area contributed by atoms with E-state index in [1.807, 2.05) is 12.1 Å². The molecule has 2 rings (SSSR count). The maximum Gasteiger partial charge on any atom is 0.261 e. The zero-order chi connectivity index (χ0) is 17.9. The summed E-state index contributed by atoms with van der Waals surface area (Å²) in [5.41, 5.74) is 2.95. The van der Waals surface area contributed by atoms with E-state index < -0.39 is 10.0 Å². The molecule has 0 saturated carbocycles. The number of carbonyl (C=O) groups is 1. The molecule has 2 N–H and O–H groups in total. The van der Waals surface area contributed by atoms with Gasteiger partial charge in [-0.25, -0.2) is 8.42 Å². The lowest BCUT2D eigenvalue weighted by molar-refractivity contribution is -0.114. The van der Waals surface area contributed by atoms with Gasteiger partial charge in [-0.05, 0) is 54.3 Å². The minimum Gasteiger partial charge on any atom is -0.326 e. The number of carbonyl (C=O) groups excluding carboxylic acids is 1. The van der Waals surface area contributed by atoms with Gasteiger partial charge in [0.1, 0.15) is 0 Å². The normalized spacial score (nSPS) is 11.4. The molecule has 2 aromatic rings. The highest BCUT2D eigenvalue weighted by atomic mass is 32.2. The lowest BCUT2D eigenvalue weighted by atomic mass is 10.0. The fourth-order valence-corrected chi connectivity index (χ4v) is 3.43. The van der Waals surface area contributed by atoms with Crippen LogP contribution in [0.5, 0.6) is 0 Å². The molecule has 0 aliphatic carbocycles. The molecule has 0 heterocycles. The maximum atomic E-state index is 12.5. The summed E-state index contributed by atoms with van der Waals surface area (Å²) in [7, 11) is -3.68. The standard InChI is InChI=1S/C18H22N2O3S/c1-12(2)15-5-7-16(8-6-15)20-24(22,23)17-9-10-18(13(3)11-17)19-14(4)21/h5-12,20H,1-4H3,(H,19,21). The van der Waals surface area contributed by atoms with Gasteiger partial charge in [0.2, 0.25) is 5.91 Å². The molecule has 0 aromatic heterocycles. The zero-order valence-corrected chi connectivity index (χ0v) is 15.1. The van der Waals surface area contributed by atoms with E-state index in [4.69, 9.17) is 0 Å². The Morgan fingerprint density at radius 1 is 1.04 bits per heavy atom. The van der Waals surface area contributed by atoms with Crippen LogP contribution in [0.25, 0.3) is 0 Å². The third-order valence-corrected chi connectivity index (χ3v) is 5.03. The van der Waals surface area contributed by atoms with Crippen molar-refractivity contribution >= 4 is 27.3 Å². The molecule has 0 atom stereocenters. The van der Waals surface area contributed by atoms with Crippen molar-refractivity contribution in [3.63, 3.8) is 0 Å². The number of nitrogens with one attached hydrogen (secondary N) is 2. The summed E-state index contributed by atoms with van der Waals surface area (Å²) < 4.78 is 27.6. The van der Waals surface area contributed by atoms with Crippen LogP contribution in [0.4, 0.5) is 11.4 Å². The van der Waals surface area contributed by atoms with Crippen molar-refractivity contribution in [3.8, 4) is 0 Å². The molecule has 0 aliphatic heterocycles. The Hall–Kier alpha value is -2.34. The van der Waals surface area contributed by atoms with E-state index in [-0.39, 0.29) is 10.8 Å². The second kappa shape index (κ2) is 7.05. The zero-order valence-electron chi connectivity index (χ0n) is 14.3. The van der Waals surface area contributed by atoms with E-state index in [2.05, 4.69) is 23.9 Å². The summed E-state index contributed by atoms with van der Waals surface area (Å²) in [6.45, 7) is 7.32. The number of anilines is 2. The first kappa shape index (κ1) is 18.0. The second-order valence-electron chi connectivity index (χ2n) is 6.04. The van der Waals surface area contributed by atoms with Crippen LogP contribution in [-0.4, -0.2) is 14.3 Å². The molecule has 6 heteroatoms. The number of sulfonamides is 1.